The summed E-state index contributed by atoms with van der Waals surface area (Å²) in [7, 11) is 2.00. The molecule has 0 unspecified atom stereocenters. The van der Waals surface area contributed by atoms with Gasteiger partial charge in [-0.1, -0.05) is 12.1 Å². The van der Waals surface area contributed by atoms with Crippen molar-refractivity contribution in [2.45, 2.75) is 32.9 Å². The molecule has 0 heterocycles. The van der Waals surface area contributed by atoms with Gasteiger partial charge in [0.15, 0.2) is 0 Å². The molecule has 0 fully saturated rings. The van der Waals surface area contributed by atoms with Crippen molar-refractivity contribution in [1.82, 2.24) is 10.2 Å². The van der Waals surface area contributed by atoms with Crippen LogP contribution in [0.2, 0.25) is 0 Å². The van der Waals surface area contributed by atoms with Crippen LogP contribution >= 0.6 is 15.9 Å². The third-order valence-electron chi connectivity index (χ3n) is 2.62. The minimum Gasteiger partial charge on any atom is -0.311 e. The first kappa shape index (κ1) is 15.6. The Balaban J connectivity index is 2.45. The molecule has 0 spiro atoms. The molecule has 1 aromatic carbocycles. The van der Waals surface area contributed by atoms with Gasteiger partial charge >= 0.3 is 0 Å². The molecule has 18 heavy (non-hydrogen) atoms. The lowest BCUT2D eigenvalue weighted by molar-refractivity contribution is 0.299. The number of nitrogens with zero attached hydrogens (tertiary/aromatic N) is 1. The van der Waals surface area contributed by atoms with E-state index in [1.807, 2.05) is 19.2 Å². The second-order valence-electron chi connectivity index (χ2n) is 5.63. The van der Waals surface area contributed by atoms with Crippen LogP contribution in [0.25, 0.3) is 0 Å². The standard InChI is InChI=1S/C14H22BrFN2/c1-14(2,3)17-8-9-18(4)10-11-6-5-7-12(15)13(11)16/h5-7,17H,8-10H2,1-4H3. The number of hydrogen-bond acceptors (Lipinski definition) is 2. The Morgan fingerprint density at radius 3 is 2.61 bits per heavy atom. The zero-order valence-corrected chi connectivity index (χ0v) is 13.1. The van der Waals surface area contributed by atoms with E-state index >= 15 is 0 Å². The highest BCUT2D eigenvalue weighted by Crippen LogP contribution is 2.19. The summed E-state index contributed by atoms with van der Waals surface area (Å²) in [5, 5.41) is 3.42. The summed E-state index contributed by atoms with van der Waals surface area (Å²) in [6, 6.07) is 5.41. The van der Waals surface area contributed by atoms with E-state index in [0.717, 1.165) is 18.7 Å². The van der Waals surface area contributed by atoms with E-state index in [1.165, 1.54) is 0 Å². The van der Waals surface area contributed by atoms with Crippen LogP contribution in [-0.2, 0) is 6.54 Å². The van der Waals surface area contributed by atoms with E-state index < -0.39 is 0 Å². The zero-order valence-electron chi connectivity index (χ0n) is 11.6. The molecule has 1 rings (SSSR count). The minimum absolute atomic E-state index is 0.127. The Kier molecular flexibility index (Phi) is 5.76. The van der Waals surface area contributed by atoms with Crippen molar-refractivity contribution in [1.29, 1.82) is 0 Å². The molecule has 0 saturated heterocycles. The van der Waals surface area contributed by atoms with Gasteiger partial charge in [-0.05, 0) is 49.8 Å². The molecule has 1 N–H and O–H groups in total. The molecule has 0 aliphatic carbocycles. The van der Waals surface area contributed by atoms with E-state index in [4.69, 9.17) is 0 Å². The van der Waals surface area contributed by atoms with E-state index in [9.17, 15) is 4.39 Å². The van der Waals surface area contributed by atoms with Crippen LogP contribution in [-0.4, -0.2) is 30.6 Å². The maximum Gasteiger partial charge on any atom is 0.141 e. The van der Waals surface area contributed by atoms with Gasteiger partial charge in [0, 0.05) is 30.7 Å². The molecule has 0 radical (unpaired) electrons. The quantitative estimate of drug-likeness (QED) is 0.895. The van der Waals surface area contributed by atoms with Crippen molar-refractivity contribution >= 4 is 15.9 Å². The van der Waals surface area contributed by atoms with Gasteiger partial charge in [0.05, 0.1) is 4.47 Å². The molecule has 0 aliphatic heterocycles. The number of likely N-dealkylation sites (N-methyl/N-ethyl adjacent to an activating group) is 1. The summed E-state index contributed by atoms with van der Waals surface area (Å²) in [4.78, 5) is 2.11. The number of benzene rings is 1. The van der Waals surface area contributed by atoms with E-state index in [-0.39, 0.29) is 11.4 Å². The maximum absolute atomic E-state index is 13.8. The molecule has 102 valence electrons. The molecule has 0 aromatic heterocycles. The van der Waals surface area contributed by atoms with Crippen molar-refractivity contribution in [2.24, 2.45) is 0 Å². The third kappa shape index (κ3) is 5.46. The lowest BCUT2D eigenvalue weighted by Crippen LogP contribution is -2.40. The molecule has 0 aliphatic rings. The van der Waals surface area contributed by atoms with Crippen LogP contribution < -0.4 is 5.32 Å². The number of hydrogen-bond donors (Lipinski definition) is 1. The first-order valence-electron chi connectivity index (χ1n) is 6.16. The van der Waals surface area contributed by atoms with E-state index in [2.05, 4.69) is 46.9 Å². The van der Waals surface area contributed by atoms with Crippen molar-refractivity contribution in [3.05, 3.63) is 34.1 Å². The van der Waals surface area contributed by atoms with Crippen LogP contribution in [0.5, 0.6) is 0 Å². The highest BCUT2D eigenvalue weighted by Gasteiger charge is 2.10. The molecule has 0 amide bonds. The fourth-order valence-corrected chi connectivity index (χ4v) is 2.07. The van der Waals surface area contributed by atoms with Gasteiger partial charge in [-0.25, -0.2) is 4.39 Å². The first-order chi connectivity index (χ1) is 8.29. The van der Waals surface area contributed by atoms with Gasteiger partial charge < -0.3 is 10.2 Å². The smallest absolute Gasteiger partial charge is 0.141 e. The summed E-state index contributed by atoms with van der Waals surface area (Å²) in [6.45, 7) is 8.83. The van der Waals surface area contributed by atoms with Gasteiger partial charge in [-0.15, -0.1) is 0 Å². The molecular weight excluding hydrogens is 295 g/mol. The average molecular weight is 317 g/mol. The van der Waals surface area contributed by atoms with Crippen molar-refractivity contribution in [3.63, 3.8) is 0 Å². The highest BCUT2D eigenvalue weighted by atomic mass is 79.9. The molecular formula is C14H22BrFN2. The van der Waals surface area contributed by atoms with Gasteiger partial charge in [-0.3, -0.25) is 0 Å². The van der Waals surface area contributed by atoms with Gasteiger partial charge in [0.1, 0.15) is 5.82 Å². The lowest BCUT2D eigenvalue weighted by atomic mass is 10.1. The predicted molar refractivity (Wildman–Crippen MR) is 78.2 cm³/mol. The van der Waals surface area contributed by atoms with Crippen molar-refractivity contribution in [3.8, 4) is 0 Å². The number of nitrogens with one attached hydrogen (secondary N) is 1. The first-order valence-corrected chi connectivity index (χ1v) is 6.95. The molecule has 2 nitrogen and oxygen atoms in total. The SMILES string of the molecule is CN(CCNC(C)(C)C)Cc1cccc(Br)c1F. The van der Waals surface area contributed by atoms with E-state index in [1.54, 1.807) is 6.07 Å². The Morgan fingerprint density at radius 2 is 2.00 bits per heavy atom. The second-order valence-corrected chi connectivity index (χ2v) is 6.48. The minimum atomic E-state index is -0.159. The summed E-state index contributed by atoms with van der Waals surface area (Å²) in [5.74, 6) is -0.159. The molecule has 1 aromatic rings. The van der Waals surface area contributed by atoms with Crippen molar-refractivity contribution < 1.29 is 4.39 Å². The maximum atomic E-state index is 13.8. The summed E-state index contributed by atoms with van der Waals surface area (Å²) < 4.78 is 14.3. The average Bonchev–Trinajstić information content (AvgIpc) is 2.23. The number of rotatable bonds is 5. The molecule has 4 heteroatoms. The Labute approximate surface area is 118 Å². The lowest BCUT2D eigenvalue weighted by Gasteiger charge is -2.23. The fourth-order valence-electron chi connectivity index (χ4n) is 1.66. The van der Waals surface area contributed by atoms with Gasteiger partial charge in [-0.2, -0.15) is 0 Å². The topological polar surface area (TPSA) is 15.3 Å². The van der Waals surface area contributed by atoms with Gasteiger partial charge in [0.2, 0.25) is 0 Å². The fraction of sp³-hybridized carbons (Fsp3) is 0.571. The Hall–Kier alpha value is -0.450. The molecule has 0 atom stereocenters. The van der Waals surface area contributed by atoms with Crippen LogP contribution in [0.15, 0.2) is 22.7 Å². The monoisotopic (exact) mass is 316 g/mol. The molecule has 0 bridgehead atoms. The Bertz CT molecular complexity index is 388. The second kappa shape index (κ2) is 6.64. The van der Waals surface area contributed by atoms with Crippen molar-refractivity contribution in [2.75, 3.05) is 20.1 Å². The van der Waals surface area contributed by atoms with Crippen LogP contribution in [0.1, 0.15) is 26.3 Å². The highest BCUT2D eigenvalue weighted by molar-refractivity contribution is 9.10. The van der Waals surface area contributed by atoms with E-state index in [0.29, 0.717) is 11.0 Å². The van der Waals surface area contributed by atoms with Crippen LogP contribution in [0.4, 0.5) is 4.39 Å². The Morgan fingerprint density at radius 1 is 1.33 bits per heavy atom. The normalized spacial score (nSPS) is 12.2. The summed E-state index contributed by atoms with van der Waals surface area (Å²) in [6.07, 6.45) is 0. The molecule has 0 saturated carbocycles. The summed E-state index contributed by atoms with van der Waals surface area (Å²) in [5.41, 5.74) is 0.852. The largest absolute Gasteiger partial charge is 0.311 e. The van der Waals surface area contributed by atoms with Crippen LogP contribution in [0.3, 0.4) is 0 Å². The summed E-state index contributed by atoms with van der Waals surface area (Å²) >= 11 is 3.21. The van der Waals surface area contributed by atoms with Gasteiger partial charge in [0.25, 0.3) is 0 Å². The zero-order chi connectivity index (χ0) is 13.8. The predicted octanol–water partition coefficient (Wildman–Crippen LogP) is 3.41. The number of halogens is 2. The third-order valence-corrected chi connectivity index (χ3v) is 3.23. The van der Waals surface area contributed by atoms with Crippen LogP contribution in [0, 0.1) is 5.82 Å².